The van der Waals surface area contributed by atoms with Gasteiger partial charge in [-0.1, -0.05) is 30.3 Å². The summed E-state index contributed by atoms with van der Waals surface area (Å²) < 4.78 is 17.4. The molecule has 0 bridgehead atoms. The second kappa shape index (κ2) is 8.43. The van der Waals surface area contributed by atoms with Crippen LogP contribution < -0.4 is 10.4 Å². The minimum atomic E-state index is -0.510. The predicted octanol–water partition coefficient (Wildman–Crippen LogP) is 4.00. The van der Waals surface area contributed by atoms with Crippen LogP contribution in [0.4, 0.5) is 0 Å². The molecule has 0 N–H and O–H groups in total. The molecule has 1 aromatic heterocycles. The first-order valence-corrected chi connectivity index (χ1v) is 11.2. The highest BCUT2D eigenvalue weighted by Gasteiger charge is 2.33. The highest BCUT2D eigenvalue weighted by molar-refractivity contribution is 5.86. The van der Waals surface area contributed by atoms with E-state index in [4.69, 9.17) is 13.9 Å². The Hall–Kier alpha value is -3.12. The molecule has 32 heavy (non-hydrogen) atoms. The van der Waals surface area contributed by atoms with Gasteiger partial charge in [-0.3, -0.25) is 9.69 Å². The van der Waals surface area contributed by atoms with Crippen LogP contribution in [0.5, 0.6) is 5.75 Å². The number of nitrogens with zero attached hydrogens (tertiary/aromatic N) is 1. The smallest absolute Gasteiger partial charge is 0.339 e. The van der Waals surface area contributed by atoms with Crippen molar-refractivity contribution in [2.75, 3.05) is 6.73 Å². The van der Waals surface area contributed by atoms with Crippen molar-refractivity contribution in [3.63, 3.8) is 0 Å². The van der Waals surface area contributed by atoms with E-state index in [0.29, 0.717) is 24.3 Å². The van der Waals surface area contributed by atoms with Crippen LogP contribution in [0, 0.1) is 0 Å². The second-order valence-electron chi connectivity index (χ2n) is 8.83. The maximum absolute atomic E-state index is 13.0. The molecule has 0 unspecified atom stereocenters. The van der Waals surface area contributed by atoms with Crippen LogP contribution in [0.3, 0.4) is 0 Å². The molecule has 1 aliphatic heterocycles. The van der Waals surface area contributed by atoms with Gasteiger partial charge in [-0.05, 0) is 62.8 Å². The molecule has 6 heteroatoms. The average molecular weight is 434 g/mol. The van der Waals surface area contributed by atoms with Gasteiger partial charge < -0.3 is 13.9 Å². The number of hydrogen-bond donors (Lipinski definition) is 0. The lowest BCUT2D eigenvalue weighted by Gasteiger charge is -2.34. The Balaban J connectivity index is 1.52. The average Bonchev–Trinajstić information content (AvgIpc) is 3.28. The van der Waals surface area contributed by atoms with Crippen LogP contribution in [-0.4, -0.2) is 29.7 Å². The van der Waals surface area contributed by atoms with Crippen LogP contribution in [0.15, 0.2) is 51.7 Å². The lowest BCUT2D eigenvalue weighted by molar-refractivity contribution is -0.156. The number of rotatable bonds is 5. The molecule has 166 valence electrons. The molecule has 2 aromatic carbocycles. The zero-order chi connectivity index (χ0) is 22.2. The van der Waals surface area contributed by atoms with Crippen molar-refractivity contribution in [2.45, 2.75) is 58.2 Å². The van der Waals surface area contributed by atoms with Crippen molar-refractivity contribution < 1.29 is 18.7 Å². The fourth-order valence-electron chi connectivity index (χ4n) is 4.78. The summed E-state index contributed by atoms with van der Waals surface area (Å²) in [5.74, 6) is 0.420. The molecule has 5 rings (SSSR count). The first-order chi connectivity index (χ1) is 15.5. The van der Waals surface area contributed by atoms with E-state index in [1.54, 1.807) is 0 Å². The minimum absolute atomic E-state index is 0.208. The van der Waals surface area contributed by atoms with Crippen molar-refractivity contribution in [3.05, 3.63) is 75.1 Å². The number of fused-ring (bicyclic) bond motifs is 5. The molecule has 0 saturated carbocycles. The fraction of sp³-hybridized carbons (Fsp3) is 0.385. The lowest BCUT2D eigenvalue weighted by atomic mass is 10.00. The first kappa shape index (κ1) is 20.8. The number of benzene rings is 2. The predicted molar refractivity (Wildman–Crippen MR) is 121 cm³/mol. The number of hydrogen-bond acceptors (Lipinski definition) is 6. The van der Waals surface area contributed by atoms with E-state index in [2.05, 4.69) is 0 Å². The number of ether oxygens (including phenoxy) is 2. The third kappa shape index (κ3) is 3.79. The number of esters is 1. The summed E-state index contributed by atoms with van der Waals surface area (Å²) in [6, 6.07) is 13.3. The van der Waals surface area contributed by atoms with Crippen molar-refractivity contribution in [1.29, 1.82) is 0 Å². The zero-order valence-electron chi connectivity index (χ0n) is 18.4. The van der Waals surface area contributed by atoms with Crippen LogP contribution in [0.1, 0.15) is 42.5 Å². The van der Waals surface area contributed by atoms with Gasteiger partial charge in [-0.2, -0.15) is 0 Å². The Morgan fingerprint density at radius 1 is 1.06 bits per heavy atom. The highest BCUT2D eigenvalue weighted by Crippen LogP contribution is 2.36. The Bertz CT molecular complexity index is 1210. The molecular weight excluding hydrogens is 406 g/mol. The lowest BCUT2D eigenvalue weighted by Crippen LogP contribution is -2.47. The molecule has 1 aliphatic carbocycles. The number of carbonyl (C=O) groups is 1. The van der Waals surface area contributed by atoms with Crippen molar-refractivity contribution in [2.24, 2.45) is 0 Å². The summed E-state index contributed by atoms with van der Waals surface area (Å²) in [5, 5.41) is 0.977. The third-order valence-corrected chi connectivity index (χ3v) is 6.29. The van der Waals surface area contributed by atoms with Gasteiger partial charge in [0.1, 0.15) is 24.1 Å². The number of aryl methyl sites for hydroxylation is 1. The maximum atomic E-state index is 13.0. The van der Waals surface area contributed by atoms with Crippen LogP contribution in [0.25, 0.3) is 11.0 Å². The Morgan fingerprint density at radius 3 is 2.62 bits per heavy atom. The molecule has 6 nitrogen and oxygen atoms in total. The summed E-state index contributed by atoms with van der Waals surface area (Å²) in [6.07, 6.45) is 2.93. The van der Waals surface area contributed by atoms with Gasteiger partial charge in [0.05, 0.1) is 11.7 Å². The molecule has 2 aliphatic rings. The molecular formula is C26H27NO5. The number of carbonyl (C=O) groups excluding carboxylic acids is 1. The quantitative estimate of drug-likeness (QED) is 0.448. The van der Waals surface area contributed by atoms with E-state index in [9.17, 15) is 9.59 Å². The molecule has 1 atom stereocenters. The highest BCUT2D eigenvalue weighted by atomic mass is 16.5. The zero-order valence-corrected chi connectivity index (χ0v) is 18.4. The SMILES string of the molecule is CC(C)OC(=O)[C@@H](Cc1ccccc1)N1COc2ccc3c4c(c(=O)oc3c2C1)CCC4. The third-order valence-electron chi connectivity index (χ3n) is 6.29. The van der Waals surface area contributed by atoms with Gasteiger partial charge >= 0.3 is 11.6 Å². The fourth-order valence-corrected chi connectivity index (χ4v) is 4.78. The Morgan fingerprint density at radius 2 is 1.84 bits per heavy atom. The van der Waals surface area contributed by atoms with E-state index < -0.39 is 6.04 Å². The van der Waals surface area contributed by atoms with Crippen molar-refractivity contribution in [3.8, 4) is 5.75 Å². The van der Waals surface area contributed by atoms with Crippen LogP contribution in [-0.2, 0) is 35.3 Å². The molecule has 0 saturated heterocycles. The standard InChI is InChI=1S/C26H27NO5/c1-16(2)31-26(29)22(13-17-7-4-3-5-8-17)27-14-21-23(30-15-27)12-11-19-18-9-6-10-20(18)25(28)32-24(19)21/h3-5,7-8,11-12,16,22H,6,9-10,13-15H2,1-2H3/t22-/m1/s1. The van der Waals surface area contributed by atoms with Crippen LogP contribution >= 0.6 is 0 Å². The first-order valence-electron chi connectivity index (χ1n) is 11.2. The van der Waals surface area contributed by atoms with E-state index in [-0.39, 0.29) is 24.4 Å². The Labute approximate surface area is 186 Å². The van der Waals surface area contributed by atoms with Crippen molar-refractivity contribution in [1.82, 2.24) is 4.90 Å². The largest absolute Gasteiger partial charge is 0.478 e. The minimum Gasteiger partial charge on any atom is -0.478 e. The summed E-state index contributed by atoms with van der Waals surface area (Å²) in [7, 11) is 0. The molecule has 0 fully saturated rings. The second-order valence-corrected chi connectivity index (χ2v) is 8.83. The Kier molecular flexibility index (Phi) is 5.47. The maximum Gasteiger partial charge on any atom is 0.339 e. The monoisotopic (exact) mass is 433 g/mol. The summed E-state index contributed by atoms with van der Waals surface area (Å²) in [6.45, 7) is 4.40. The summed E-state index contributed by atoms with van der Waals surface area (Å²) in [4.78, 5) is 27.6. The van der Waals surface area contributed by atoms with Gasteiger partial charge in [0, 0.05) is 17.5 Å². The van der Waals surface area contributed by atoms with Gasteiger partial charge in [-0.25, -0.2) is 4.79 Å². The molecule has 0 amide bonds. The van der Waals surface area contributed by atoms with Gasteiger partial charge in [-0.15, -0.1) is 0 Å². The molecule has 3 aromatic rings. The topological polar surface area (TPSA) is 69.0 Å². The van der Waals surface area contributed by atoms with E-state index in [1.165, 1.54) is 0 Å². The molecule has 0 spiro atoms. The van der Waals surface area contributed by atoms with Crippen LogP contribution in [0.2, 0.25) is 0 Å². The van der Waals surface area contributed by atoms with Crippen molar-refractivity contribution >= 4 is 16.9 Å². The molecule has 0 radical (unpaired) electrons. The normalized spacial score (nSPS) is 16.5. The van der Waals surface area contributed by atoms with Gasteiger partial charge in [0.25, 0.3) is 0 Å². The van der Waals surface area contributed by atoms with Gasteiger partial charge in [0.2, 0.25) is 0 Å². The molecule has 2 heterocycles. The van der Waals surface area contributed by atoms with Gasteiger partial charge in [0.15, 0.2) is 0 Å². The summed E-state index contributed by atoms with van der Waals surface area (Å²) in [5.41, 5.74) is 4.08. The summed E-state index contributed by atoms with van der Waals surface area (Å²) >= 11 is 0. The van der Waals surface area contributed by atoms with E-state index in [1.807, 2.05) is 61.2 Å². The van der Waals surface area contributed by atoms with E-state index >= 15 is 0 Å². The van der Waals surface area contributed by atoms with E-state index in [0.717, 1.165) is 46.9 Å².